The maximum atomic E-state index is 13.4. The number of para-hydroxylation sites is 1. The number of carbonyl (C=O) groups is 1. The monoisotopic (exact) mass is 427 g/mol. The van der Waals surface area contributed by atoms with Gasteiger partial charge in [-0.3, -0.25) is 9.10 Å². The van der Waals surface area contributed by atoms with E-state index < -0.39 is 10.0 Å². The Hall–Kier alpha value is -2.38. The minimum absolute atomic E-state index is 0.124. The van der Waals surface area contributed by atoms with Crippen LogP contribution in [-0.4, -0.2) is 63.9 Å². The molecule has 2 aliphatic rings. The number of sulfonamides is 1. The molecule has 30 heavy (non-hydrogen) atoms. The van der Waals surface area contributed by atoms with Crippen LogP contribution in [0.25, 0.3) is 0 Å². The normalized spacial score (nSPS) is 18.1. The molecule has 1 amide bonds. The first-order valence-electron chi connectivity index (χ1n) is 10.5. The predicted molar refractivity (Wildman–Crippen MR) is 118 cm³/mol. The van der Waals surface area contributed by atoms with Crippen LogP contribution in [0.1, 0.15) is 35.2 Å². The fourth-order valence-corrected chi connectivity index (χ4v) is 6.00. The Balaban J connectivity index is 1.60. The molecule has 0 spiro atoms. The van der Waals surface area contributed by atoms with Gasteiger partial charge >= 0.3 is 0 Å². The number of amides is 1. The van der Waals surface area contributed by atoms with E-state index in [4.69, 9.17) is 0 Å². The fraction of sp³-hybridized carbons (Fsp3) is 0.435. The average molecular weight is 428 g/mol. The third-order valence-corrected chi connectivity index (χ3v) is 8.10. The topological polar surface area (TPSA) is 60.9 Å². The smallest absolute Gasteiger partial charge is 0.264 e. The molecule has 0 radical (unpaired) electrons. The molecule has 0 unspecified atom stereocenters. The first kappa shape index (κ1) is 20.9. The second-order valence-corrected chi connectivity index (χ2v) is 10.2. The molecule has 2 aliphatic heterocycles. The van der Waals surface area contributed by atoms with Gasteiger partial charge in [0.2, 0.25) is 0 Å². The molecule has 1 fully saturated rings. The lowest BCUT2D eigenvalue weighted by molar-refractivity contribution is 0.0659. The van der Waals surface area contributed by atoms with Gasteiger partial charge in [0.15, 0.2) is 0 Å². The van der Waals surface area contributed by atoms with Crippen molar-refractivity contribution in [3.05, 3.63) is 59.7 Å². The van der Waals surface area contributed by atoms with Crippen LogP contribution in [0.15, 0.2) is 53.4 Å². The van der Waals surface area contributed by atoms with Crippen LogP contribution in [0.5, 0.6) is 0 Å². The summed E-state index contributed by atoms with van der Waals surface area (Å²) in [7, 11) is 0.175. The highest BCUT2D eigenvalue weighted by atomic mass is 32.2. The molecule has 0 saturated carbocycles. The van der Waals surface area contributed by atoms with Crippen LogP contribution >= 0.6 is 0 Å². The summed E-state index contributed by atoms with van der Waals surface area (Å²) < 4.78 is 28.3. The zero-order valence-electron chi connectivity index (χ0n) is 17.6. The lowest BCUT2D eigenvalue weighted by atomic mass is 10.0. The van der Waals surface area contributed by atoms with Crippen molar-refractivity contribution in [2.45, 2.75) is 36.6 Å². The molecule has 2 heterocycles. The summed E-state index contributed by atoms with van der Waals surface area (Å²) in [6.45, 7) is 2.38. The number of piperidine rings is 1. The Morgan fingerprint density at radius 3 is 2.53 bits per heavy atom. The molecule has 0 atom stereocenters. The highest BCUT2D eigenvalue weighted by molar-refractivity contribution is 7.92. The summed E-state index contributed by atoms with van der Waals surface area (Å²) in [5, 5.41) is 0. The molecule has 4 rings (SSSR count). The number of likely N-dealkylation sites (tertiary alicyclic amines) is 1. The molecule has 2 aromatic carbocycles. The molecule has 7 heteroatoms. The fourth-order valence-electron chi connectivity index (χ4n) is 4.42. The highest BCUT2D eigenvalue weighted by Crippen LogP contribution is 2.32. The quantitative estimate of drug-likeness (QED) is 0.753. The Morgan fingerprint density at radius 1 is 1.03 bits per heavy atom. The summed E-state index contributed by atoms with van der Waals surface area (Å²) >= 11 is 0. The first-order valence-corrected chi connectivity index (χ1v) is 12.0. The summed E-state index contributed by atoms with van der Waals surface area (Å²) in [6.07, 6.45) is 3.53. The minimum Gasteiger partial charge on any atom is -0.339 e. The van der Waals surface area contributed by atoms with Gasteiger partial charge in [0, 0.05) is 25.2 Å². The number of hydrogen-bond acceptors (Lipinski definition) is 4. The maximum absolute atomic E-state index is 13.4. The van der Waals surface area contributed by atoms with Gasteiger partial charge in [-0.2, -0.15) is 0 Å². The van der Waals surface area contributed by atoms with Crippen LogP contribution in [0, 0.1) is 0 Å². The van der Waals surface area contributed by atoms with E-state index in [1.807, 2.05) is 31.3 Å². The summed E-state index contributed by atoms with van der Waals surface area (Å²) in [5.41, 5.74) is 2.20. The molecule has 0 aliphatic carbocycles. The van der Waals surface area contributed by atoms with Gasteiger partial charge in [0.05, 0.1) is 10.6 Å². The van der Waals surface area contributed by atoms with E-state index >= 15 is 0 Å². The predicted octanol–water partition coefficient (Wildman–Crippen LogP) is 2.99. The molecular weight excluding hydrogens is 398 g/mol. The summed E-state index contributed by atoms with van der Waals surface area (Å²) in [5.74, 6) is -0.124. The zero-order chi connectivity index (χ0) is 21.3. The van der Waals surface area contributed by atoms with Gasteiger partial charge in [0.1, 0.15) is 0 Å². The van der Waals surface area contributed by atoms with Crippen molar-refractivity contribution < 1.29 is 13.2 Å². The molecule has 6 nitrogen and oxygen atoms in total. The Labute approximate surface area is 179 Å². The maximum Gasteiger partial charge on any atom is 0.264 e. The molecule has 2 aromatic rings. The van der Waals surface area contributed by atoms with Gasteiger partial charge in [-0.1, -0.05) is 24.3 Å². The zero-order valence-corrected chi connectivity index (χ0v) is 18.4. The van der Waals surface area contributed by atoms with Crippen molar-refractivity contribution in [2.24, 2.45) is 0 Å². The van der Waals surface area contributed by atoms with E-state index in [2.05, 4.69) is 11.9 Å². The Morgan fingerprint density at radius 2 is 1.77 bits per heavy atom. The summed E-state index contributed by atoms with van der Waals surface area (Å²) in [4.78, 5) is 17.3. The van der Waals surface area contributed by atoms with Crippen molar-refractivity contribution in [1.82, 2.24) is 9.80 Å². The molecule has 0 aromatic heterocycles. The molecular formula is C23H29N3O3S. The number of hydrogen-bond donors (Lipinski definition) is 0. The van der Waals surface area contributed by atoms with Crippen LogP contribution in [0.4, 0.5) is 5.69 Å². The molecule has 1 saturated heterocycles. The van der Waals surface area contributed by atoms with Crippen molar-refractivity contribution in [2.75, 3.05) is 38.0 Å². The van der Waals surface area contributed by atoms with Gasteiger partial charge < -0.3 is 9.80 Å². The van der Waals surface area contributed by atoms with Gasteiger partial charge in [-0.15, -0.1) is 0 Å². The number of fused-ring (bicyclic) bond motifs is 1. The van der Waals surface area contributed by atoms with Crippen LogP contribution in [0.3, 0.4) is 0 Å². The second kappa shape index (κ2) is 8.40. The number of rotatable bonds is 4. The molecule has 0 N–H and O–H groups in total. The number of aryl methyl sites for hydroxylation is 1. The van der Waals surface area contributed by atoms with Crippen molar-refractivity contribution >= 4 is 21.6 Å². The van der Waals surface area contributed by atoms with Crippen molar-refractivity contribution in [1.29, 1.82) is 0 Å². The third-order valence-electron chi connectivity index (χ3n) is 6.29. The minimum atomic E-state index is -3.73. The van der Waals surface area contributed by atoms with Gasteiger partial charge in [0.25, 0.3) is 15.9 Å². The second-order valence-electron chi connectivity index (χ2n) is 8.29. The van der Waals surface area contributed by atoms with Crippen molar-refractivity contribution in [3.8, 4) is 0 Å². The first-order chi connectivity index (χ1) is 14.4. The number of carbonyl (C=O) groups excluding carboxylic acids is 1. The Kier molecular flexibility index (Phi) is 5.84. The van der Waals surface area contributed by atoms with Gasteiger partial charge in [-0.05, 0) is 75.6 Å². The van der Waals surface area contributed by atoms with Gasteiger partial charge in [-0.25, -0.2) is 8.42 Å². The Bertz CT molecular complexity index is 1030. The number of nitrogens with zero attached hydrogens (tertiary/aromatic N) is 3. The SMILES string of the molecule is CN1CCC(N(C)C(=O)c2cccc(S(=O)(=O)N3CCCc4ccccc43)c2)CC1. The standard InChI is InChI=1S/C23H29N3O3S/c1-24-15-12-20(13-16-24)25(2)23(27)19-8-5-10-21(17-19)30(28,29)26-14-6-9-18-7-3-4-11-22(18)26/h3-5,7-8,10-11,17,20H,6,9,12-16H2,1-2H3. The van der Waals surface area contributed by atoms with E-state index in [1.54, 1.807) is 23.1 Å². The summed E-state index contributed by atoms with van der Waals surface area (Å²) in [6, 6.07) is 14.3. The molecule has 160 valence electrons. The van der Waals surface area contributed by atoms with Crippen LogP contribution in [-0.2, 0) is 16.4 Å². The lowest BCUT2D eigenvalue weighted by Crippen LogP contribution is -2.44. The highest BCUT2D eigenvalue weighted by Gasteiger charge is 2.30. The van der Waals surface area contributed by atoms with E-state index in [0.29, 0.717) is 12.1 Å². The van der Waals surface area contributed by atoms with E-state index in [1.165, 1.54) is 10.4 Å². The van der Waals surface area contributed by atoms with E-state index in [-0.39, 0.29) is 16.8 Å². The van der Waals surface area contributed by atoms with E-state index in [9.17, 15) is 13.2 Å². The third kappa shape index (κ3) is 3.96. The van der Waals surface area contributed by atoms with Crippen molar-refractivity contribution in [3.63, 3.8) is 0 Å². The number of anilines is 1. The van der Waals surface area contributed by atoms with E-state index in [0.717, 1.165) is 50.0 Å². The lowest BCUT2D eigenvalue weighted by Gasteiger charge is -2.35. The van der Waals surface area contributed by atoms with Crippen LogP contribution in [0.2, 0.25) is 0 Å². The average Bonchev–Trinajstić information content (AvgIpc) is 2.78. The molecule has 0 bridgehead atoms. The number of benzene rings is 2. The van der Waals surface area contributed by atoms with Crippen LogP contribution < -0.4 is 4.31 Å². The largest absolute Gasteiger partial charge is 0.339 e.